The SMILES string of the molecule is CC(=O)Nc1ccc(CC(=O)O[C@H](C)C(=O)c2ccc(NC(C)=O)cc2)cc1. The number of carbonyl (C=O) groups is 4. The molecule has 0 spiro atoms. The van der Waals surface area contributed by atoms with Gasteiger partial charge in [-0.3, -0.25) is 19.2 Å². The van der Waals surface area contributed by atoms with E-state index in [0.717, 1.165) is 0 Å². The second-order valence-electron chi connectivity index (χ2n) is 6.31. The van der Waals surface area contributed by atoms with Gasteiger partial charge in [-0.2, -0.15) is 0 Å². The Morgan fingerprint density at radius 1 is 0.821 bits per heavy atom. The summed E-state index contributed by atoms with van der Waals surface area (Å²) in [5.41, 5.74) is 2.31. The highest BCUT2D eigenvalue weighted by Crippen LogP contribution is 2.14. The first kappa shape index (κ1) is 20.8. The molecule has 0 aliphatic rings. The summed E-state index contributed by atoms with van der Waals surface area (Å²) in [5.74, 6) is -1.23. The number of benzene rings is 2. The fraction of sp³-hybridized carbons (Fsp3) is 0.238. The predicted molar refractivity (Wildman–Crippen MR) is 105 cm³/mol. The second-order valence-corrected chi connectivity index (χ2v) is 6.31. The number of ketones is 1. The first-order chi connectivity index (χ1) is 13.2. The van der Waals surface area contributed by atoms with Crippen molar-refractivity contribution < 1.29 is 23.9 Å². The Balaban J connectivity index is 1.91. The minimum absolute atomic E-state index is 0.0133. The minimum Gasteiger partial charge on any atom is -0.454 e. The maximum Gasteiger partial charge on any atom is 0.310 e. The van der Waals surface area contributed by atoms with Crippen LogP contribution in [0.2, 0.25) is 0 Å². The number of nitrogens with one attached hydrogen (secondary N) is 2. The topological polar surface area (TPSA) is 102 Å². The molecule has 0 aromatic heterocycles. The molecule has 0 heterocycles. The molecule has 2 rings (SSSR count). The van der Waals surface area contributed by atoms with Crippen molar-refractivity contribution in [2.75, 3.05) is 10.6 Å². The maximum absolute atomic E-state index is 12.4. The van der Waals surface area contributed by atoms with Crippen molar-refractivity contribution >= 4 is 34.9 Å². The number of hydrogen-bond acceptors (Lipinski definition) is 5. The second kappa shape index (κ2) is 9.45. The Morgan fingerprint density at radius 3 is 1.75 bits per heavy atom. The van der Waals surface area contributed by atoms with Crippen LogP contribution in [0, 0.1) is 0 Å². The third kappa shape index (κ3) is 6.35. The molecule has 7 heteroatoms. The monoisotopic (exact) mass is 382 g/mol. The molecule has 0 bridgehead atoms. The van der Waals surface area contributed by atoms with Gasteiger partial charge in [0.05, 0.1) is 6.42 Å². The summed E-state index contributed by atoms with van der Waals surface area (Å²) in [6.45, 7) is 4.33. The van der Waals surface area contributed by atoms with Gasteiger partial charge in [0.15, 0.2) is 6.10 Å². The van der Waals surface area contributed by atoms with E-state index in [9.17, 15) is 19.2 Å². The molecule has 2 aromatic rings. The van der Waals surface area contributed by atoms with Gasteiger partial charge in [0.2, 0.25) is 17.6 Å². The Labute approximate surface area is 163 Å². The lowest BCUT2D eigenvalue weighted by Gasteiger charge is -2.13. The van der Waals surface area contributed by atoms with E-state index < -0.39 is 12.1 Å². The lowest BCUT2D eigenvalue weighted by atomic mass is 10.1. The molecule has 0 aliphatic carbocycles. The van der Waals surface area contributed by atoms with Gasteiger partial charge in [0, 0.05) is 30.8 Å². The van der Waals surface area contributed by atoms with Crippen LogP contribution in [0.5, 0.6) is 0 Å². The van der Waals surface area contributed by atoms with Gasteiger partial charge in [-0.15, -0.1) is 0 Å². The third-order valence-corrected chi connectivity index (χ3v) is 3.79. The van der Waals surface area contributed by atoms with E-state index in [1.807, 2.05) is 0 Å². The average Bonchev–Trinajstić information content (AvgIpc) is 2.62. The summed E-state index contributed by atoms with van der Waals surface area (Å²) in [6.07, 6.45) is -0.919. The highest BCUT2D eigenvalue weighted by atomic mass is 16.5. The van der Waals surface area contributed by atoms with Gasteiger partial charge in [-0.05, 0) is 48.9 Å². The van der Waals surface area contributed by atoms with Crippen molar-refractivity contribution in [3.8, 4) is 0 Å². The summed E-state index contributed by atoms with van der Waals surface area (Å²) in [5, 5.41) is 5.26. The molecule has 0 aliphatic heterocycles. The Hall–Kier alpha value is -3.48. The number of carbonyl (C=O) groups excluding carboxylic acids is 4. The van der Waals surface area contributed by atoms with Crippen LogP contribution in [0.3, 0.4) is 0 Å². The number of rotatable bonds is 7. The van der Waals surface area contributed by atoms with Crippen molar-refractivity contribution in [3.05, 3.63) is 59.7 Å². The third-order valence-electron chi connectivity index (χ3n) is 3.79. The van der Waals surface area contributed by atoms with Gasteiger partial charge in [0.25, 0.3) is 0 Å². The molecule has 2 amide bonds. The van der Waals surface area contributed by atoms with E-state index >= 15 is 0 Å². The maximum atomic E-state index is 12.4. The smallest absolute Gasteiger partial charge is 0.310 e. The van der Waals surface area contributed by atoms with Gasteiger partial charge < -0.3 is 15.4 Å². The van der Waals surface area contributed by atoms with Crippen molar-refractivity contribution in [1.29, 1.82) is 0 Å². The largest absolute Gasteiger partial charge is 0.454 e. The van der Waals surface area contributed by atoms with Crippen molar-refractivity contribution in [2.45, 2.75) is 33.3 Å². The lowest BCUT2D eigenvalue weighted by Crippen LogP contribution is -2.25. The normalized spacial score (nSPS) is 11.2. The molecule has 2 aromatic carbocycles. The van der Waals surface area contributed by atoms with Crippen LogP contribution in [-0.2, 0) is 25.5 Å². The molecular formula is C21H22N2O5. The van der Waals surface area contributed by atoms with Crippen LogP contribution >= 0.6 is 0 Å². The highest BCUT2D eigenvalue weighted by Gasteiger charge is 2.19. The highest BCUT2D eigenvalue weighted by molar-refractivity contribution is 6.00. The summed E-state index contributed by atoms with van der Waals surface area (Å²) in [4.78, 5) is 46.5. The number of ether oxygens (including phenoxy) is 1. The standard InChI is InChI=1S/C21H22N2O5/c1-13(21(27)17-6-10-19(11-7-17)23-15(3)25)28-20(26)12-16-4-8-18(9-5-16)22-14(2)24/h4-11,13H,12H2,1-3H3,(H,22,24)(H,23,25)/t13-/m1/s1. The van der Waals surface area contributed by atoms with Crippen LogP contribution in [0.1, 0.15) is 36.7 Å². The first-order valence-corrected chi connectivity index (χ1v) is 8.72. The van der Waals surface area contributed by atoms with Gasteiger partial charge in [-0.25, -0.2) is 0 Å². The molecule has 7 nitrogen and oxygen atoms in total. The number of hydrogen-bond donors (Lipinski definition) is 2. The van der Waals surface area contributed by atoms with E-state index in [2.05, 4.69) is 10.6 Å². The molecule has 0 saturated heterocycles. The molecule has 146 valence electrons. The van der Waals surface area contributed by atoms with Crippen LogP contribution in [0.4, 0.5) is 11.4 Å². The number of Topliss-reactive ketones (excluding diaryl/α,β-unsaturated/α-hetero) is 1. The van der Waals surface area contributed by atoms with Gasteiger partial charge >= 0.3 is 5.97 Å². The van der Waals surface area contributed by atoms with E-state index in [4.69, 9.17) is 4.74 Å². The first-order valence-electron chi connectivity index (χ1n) is 8.72. The fourth-order valence-electron chi connectivity index (χ4n) is 2.52. The molecule has 0 radical (unpaired) electrons. The minimum atomic E-state index is -0.933. The van der Waals surface area contributed by atoms with E-state index in [0.29, 0.717) is 22.5 Å². The summed E-state index contributed by atoms with van der Waals surface area (Å²) in [7, 11) is 0. The quantitative estimate of drug-likeness (QED) is 0.566. The summed E-state index contributed by atoms with van der Waals surface area (Å²) < 4.78 is 5.23. The predicted octanol–water partition coefficient (Wildman–Crippen LogP) is 2.96. The summed E-state index contributed by atoms with van der Waals surface area (Å²) in [6, 6.07) is 13.2. The Kier molecular flexibility index (Phi) is 7.03. The molecule has 2 N–H and O–H groups in total. The van der Waals surface area contributed by atoms with Crippen LogP contribution < -0.4 is 10.6 Å². The Bertz CT molecular complexity index is 873. The van der Waals surface area contributed by atoms with Crippen LogP contribution in [-0.4, -0.2) is 29.7 Å². The van der Waals surface area contributed by atoms with Gasteiger partial charge in [0.1, 0.15) is 0 Å². The average molecular weight is 382 g/mol. The molecule has 1 atom stereocenters. The zero-order valence-corrected chi connectivity index (χ0v) is 15.9. The molecular weight excluding hydrogens is 360 g/mol. The number of amides is 2. The fourth-order valence-corrected chi connectivity index (χ4v) is 2.52. The number of esters is 1. The molecule has 28 heavy (non-hydrogen) atoms. The molecule has 0 saturated carbocycles. The lowest BCUT2D eigenvalue weighted by molar-refractivity contribution is -0.145. The zero-order valence-electron chi connectivity index (χ0n) is 15.9. The molecule has 0 fully saturated rings. The van der Waals surface area contributed by atoms with E-state index in [-0.39, 0.29) is 24.0 Å². The Morgan fingerprint density at radius 2 is 1.29 bits per heavy atom. The van der Waals surface area contributed by atoms with Gasteiger partial charge in [-0.1, -0.05) is 12.1 Å². The number of anilines is 2. The van der Waals surface area contributed by atoms with Crippen LogP contribution in [0.15, 0.2) is 48.5 Å². The molecule has 0 unspecified atom stereocenters. The van der Waals surface area contributed by atoms with Crippen molar-refractivity contribution in [2.24, 2.45) is 0 Å². The van der Waals surface area contributed by atoms with Crippen molar-refractivity contribution in [1.82, 2.24) is 0 Å². The van der Waals surface area contributed by atoms with E-state index in [1.165, 1.54) is 20.8 Å². The van der Waals surface area contributed by atoms with Crippen LogP contribution in [0.25, 0.3) is 0 Å². The summed E-state index contributed by atoms with van der Waals surface area (Å²) >= 11 is 0. The zero-order chi connectivity index (χ0) is 20.7. The van der Waals surface area contributed by atoms with E-state index in [1.54, 1.807) is 48.5 Å². The van der Waals surface area contributed by atoms with Crippen molar-refractivity contribution in [3.63, 3.8) is 0 Å².